The zero-order valence-corrected chi connectivity index (χ0v) is 28.6. The van der Waals surface area contributed by atoms with E-state index in [0.717, 1.165) is 75.3 Å². The van der Waals surface area contributed by atoms with E-state index in [9.17, 15) is 8.42 Å². The fraction of sp³-hybridized carbons (Fsp3) is 0.455. The molecule has 4 heterocycles. The molecule has 0 amide bonds. The van der Waals surface area contributed by atoms with Gasteiger partial charge >= 0.3 is 0 Å². The third kappa shape index (κ3) is 7.19. The second-order valence-corrected chi connectivity index (χ2v) is 14.2. The number of methoxy groups -OCH3 is 1. The Bertz CT molecular complexity index is 1820. The molecule has 4 aromatic rings. The molecular formula is C33H44N10O3S. The van der Waals surface area contributed by atoms with Crippen molar-refractivity contribution < 1.29 is 13.2 Å². The van der Waals surface area contributed by atoms with Crippen molar-refractivity contribution in [2.75, 3.05) is 86.6 Å². The van der Waals surface area contributed by atoms with Gasteiger partial charge in [-0.2, -0.15) is 4.98 Å². The summed E-state index contributed by atoms with van der Waals surface area (Å²) in [7, 11) is 1.78. The van der Waals surface area contributed by atoms with Gasteiger partial charge in [0.15, 0.2) is 0 Å². The van der Waals surface area contributed by atoms with Gasteiger partial charge < -0.3 is 25.2 Å². The Morgan fingerprint density at radius 2 is 1.68 bits per heavy atom. The molecule has 47 heavy (non-hydrogen) atoms. The number of piperidine rings is 1. The van der Waals surface area contributed by atoms with Crippen molar-refractivity contribution in [3.8, 4) is 5.75 Å². The summed E-state index contributed by atoms with van der Waals surface area (Å²) in [4.78, 5) is 25.7. The van der Waals surface area contributed by atoms with Gasteiger partial charge in [-0.1, -0.05) is 6.92 Å². The number of nitrogens with one attached hydrogen (secondary N) is 2. The first-order valence-electron chi connectivity index (χ1n) is 16.1. The minimum absolute atomic E-state index is 0.377. The van der Waals surface area contributed by atoms with Gasteiger partial charge in [-0.3, -0.25) is 19.2 Å². The van der Waals surface area contributed by atoms with Crippen molar-refractivity contribution in [3.63, 3.8) is 0 Å². The van der Waals surface area contributed by atoms with E-state index < -0.39 is 10.0 Å². The molecule has 2 aromatic heterocycles. The number of sulfonamides is 1. The van der Waals surface area contributed by atoms with Crippen molar-refractivity contribution in [1.82, 2.24) is 29.7 Å². The first kappa shape index (κ1) is 32.7. The maximum atomic E-state index is 12.6. The standard InChI is InChI=1S/C33H44N10O3S/c1-6-23-22-36-33(39-32(23)37-28-10-9-27-30(35-14-13-34-27)31(28)41(3)47(5,44)45)38-26-8-7-25(21-29(26)46-4)42-15-11-24(12-16-42)43-19-17-40(2)18-20-43/h7-10,13-14,21-22,24H,6,11-12,15-20H2,1-5H3,(H2,36,37,38,39). The van der Waals surface area contributed by atoms with Crippen LogP contribution in [0, 0.1) is 0 Å². The highest BCUT2D eigenvalue weighted by Crippen LogP contribution is 2.37. The van der Waals surface area contributed by atoms with E-state index >= 15 is 0 Å². The zero-order chi connectivity index (χ0) is 33.1. The summed E-state index contributed by atoms with van der Waals surface area (Å²) >= 11 is 0. The van der Waals surface area contributed by atoms with Crippen LogP contribution in [0.4, 0.5) is 34.5 Å². The van der Waals surface area contributed by atoms with Gasteiger partial charge in [0.25, 0.3) is 0 Å². The van der Waals surface area contributed by atoms with Gasteiger partial charge in [0.05, 0.1) is 30.3 Å². The molecule has 13 nitrogen and oxygen atoms in total. The summed E-state index contributed by atoms with van der Waals surface area (Å²) < 4.78 is 32.3. The Hall–Kier alpha value is -4.27. The van der Waals surface area contributed by atoms with Crippen LogP contribution < -0.4 is 24.6 Å². The number of rotatable bonds is 10. The van der Waals surface area contributed by atoms with Gasteiger partial charge in [0.1, 0.15) is 22.8 Å². The third-order valence-electron chi connectivity index (χ3n) is 9.24. The Morgan fingerprint density at radius 1 is 0.957 bits per heavy atom. The normalized spacial score (nSPS) is 16.7. The number of ether oxygens (including phenoxy) is 1. The number of likely N-dealkylation sites (N-methyl/N-ethyl adjacent to an activating group) is 1. The number of aromatic nitrogens is 4. The maximum absolute atomic E-state index is 12.6. The van der Waals surface area contributed by atoms with Crippen LogP contribution in [0.15, 0.2) is 48.9 Å². The molecule has 6 rings (SSSR count). The summed E-state index contributed by atoms with van der Waals surface area (Å²) in [5, 5.41) is 6.70. The Balaban J connectivity index is 1.21. The topological polar surface area (TPSA) is 132 Å². The lowest BCUT2D eigenvalue weighted by molar-refractivity contribution is 0.0982. The van der Waals surface area contributed by atoms with Crippen LogP contribution in [-0.2, 0) is 16.4 Å². The molecule has 2 N–H and O–H groups in total. The highest BCUT2D eigenvalue weighted by Gasteiger charge is 2.27. The molecule has 2 aliphatic heterocycles. The molecule has 0 spiro atoms. The fourth-order valence-corrected chi connectivity index (χ4v) is 6.86. The van der Waals surface area contributed by atoms with Crippen LogP contribution in [0.3, 0.4) is 0 Å². The molecule has 2 aromatic carbocycles. The van der Waals surface area contributed by atoms with Crippen molar-refractivity contribution in [2.24, 2.45) is 0 Å². The molecule has 0 bridgehead atoms. The number of hydrogen-bond acceptors (Lipinski definition) is 12. The van der Waals surface area contributed by atoms with E-state index in [1.54, 1.807) is 37.8 Å². The maximum Gasteiger partial charge on any atom is 0.232 e. The lowest BCUT2D eigenvalue weighted by Gasteiger charge is -2.42. The Kier molecular flexibility index (Phi) is 9.62. The average molecular weight is 661 g/mol. The minimum atomic E-state index is -3.60. The number of hydrogen-bond donors (Lipinski definition) is 2. The van der Waals surface area contributed by atoms with E-state index in [1.165, 1.54) is 11.4 Å². The highest BCUT2D eigenvalue weighted by molar-refractivity contribution is 7.92. The van der Waals surface area contributed by atoms with Crippen molar-refractivity contribution in [2.45, 2.75) is 32.2 Å². The SMILES string of the molecule is CCc1cnc(Nc2ccc(N3CCC(N4CCN(C)CC4)CC3)cc2OC)nc1Nc1ccc2nccnc2c1N(C)S(C)(=O)=O. The first-order chi connectivity index (χ1) is 22.6. The van der Waals surface area contributed by atoms with E-state index in [0.29, 0.717) is 52.4 Å². The highest BCUT2D eigenvalue weighted by atomic mass is 32.2. The number of aryl methyl sites for hydroxylation is 1. The second-order valence-electron chi connectivity index (χ2n) is 12.2. The summed E-state index contributed by atoms with van der Waals surface area (Å²) in [6.45, 7) is 8.65. The van der Waals surface area contributed by atoms with Gasteiger partial charge in [0, 0.05) is 88.3 Å². The average Bonchev–Trinajstić information content (AvgIpc) is 3.08. The smallest absolute Gasteiger partial charge is 0.232 e. The van der Waals surface area contributed by atoms with Gasteiger partial charge in [-0.05, 0) is 50.6 Å². The molecule has 2 fully saturated rings. The fourth-order valence-electron chi connectivity index (χ4n) is 6.35. The molecule has 0 radical (unpaired) electrons. The van der Waals surface area contributed by atoms with Crippen molar-refractivity contribution in [1.29, 1.82) is 0 Å². The van der Waals surface area contributed by atoms with E-state index in [4.69, 9.17) is 9.72 Å². The van der Waals surface area contributed by atoms with Crippen LogP contribution in [0.5, 0.6) is 5.75 Å². The predicted molar refractivity (Wildman–Crippen MR) is 188 cm³/mol. The molecule has 0 atom stereocenters. The summed E-state index contributed by atoms with van der Waals surface area (Å²) in [6, 6.07) is 10.4. The first-order valence-corrected chi connectivity index (χ1v) is 17.9. The number of nitrogens with zero attached hydrogens (tertiary/aromatic N) is 8. The minimum Gasteiger partial charge on any atom is -0.494 e. The van der Waals surface area contributed by atoms with Crippen LogP contribution in [-0.4, -0.2) is 111 Å². The van der Waals surface area contributed by atoms with Crippen molar-refractivity contribution in [3.05, 3.63) is 54.5 Å². The molecule has 0 aliphatic carbocycles. The number of fused-ring (bicyclic) bond motifs is 1. The molecule has 0 unspecified atom stereocenters. The molecular weight excluding hydrogens is 616 g/mol. The van der Waals surface area contributed by atoms with Crippen LogP contribution in [0.2, 0.25) is 0 Å². The Morgan fingerprint density at radius 3 is 2.38 bits per heavy atom. The number of piperazine rings is 1. The summed E-state index contributed by atoms with van der Waals surface area (Å²) in [6.07, 6.45) is 9.03. The quantitative estimate of drug-likeness (QED) is 0.254. The van der Waals surface area contributed by atoms with E-state index in [1.807, 2.05) is 13.0 Å². The van der Waals surface area contributed by atoms with E-state index in [-0.39, 0.29) is 0 Å². The zero-order valence-electron chi connectivity index (χ0n) is 27.8. The summed E-state index contributed by atoms with van der Waals surface area (Å²) in [5.74, 6) is 1.63. The Labute approximate surface area is 277 Å². The molecule has 2 saturated heterocycles. The van der Waals surface area contributed by atoms with Crippen LogP contribution in [0.1, 0.15) is 25.3 Å². The predicted octanol–water partition coefficient (Wildman–Crippen LogP) is 4.09. The molecule has 250 valence electrons. The van der Waals surface area contributed by atoms with Crippen molar-refractivity contribution >= 4 is 55.6 Å². The molecule has 0 saturated carbocycles. The molecule has 2 aliphatic rings. The van der Waals surface area contributed by atoms with Gasteiger partial charge in [-0.25, -0.2) is 13.4 Å². The summed E-state index contributed by atoms with van der Waals surface area (Å²) in [5.41, 5.74) is 4.71. The van der Waals surface area contributed by atoms with Gasteiger partial charge in [-0.15, -0.1) is 0 Å². The van der Waals surface area contributed by atoms with E-state index in [2.05, 4.69) is 59.5 Å². The monoisotopic (exact) mass is 660 g/mol. The third-order valence-corrected chi connectivity index (χ3v) is 10.4. The van der Waals surface area contributed by atoms with Crippen LogP contribution in [0.25, 0.3) is 11.0 Å². The second kappa shape index (κ2) is 13.8. The molecule has 14 heteroatoms. The van der Waals surface area contributed by atoms with Gasteiger partial charge in [0.2, 0.25) is 16.0 Å². The number of benzene rings is 2. The lowest BCUT2D eigenvalue weighted by atomic mass is 10.0. The largest absolute Gasteiger partial charge is 0.494 e. The number of anilines is 6. The lowest BCUT2D eigenvalue weighted by Crippen LogP contribution is -2.52. The van der Waals surface area contributed by atoms with Crippen LogP contribution >= 0.6 is 0 Å².